The first-order chi connectivity index (χ1) is 16.9. The van der Waals surface area contributed by atoms with E-state index >= 15 is 0 Å². The highest BCUT2D eigenvalue weighted by molar-refractivity contribution is 6.04. The number of nitrogens with one attached hydrogen (secondary N) is 1. The highest BCUT2D eigenvalue weighted by Gasteiger charge is 2.26. The molecule has 7 heteroatoms. The average Bonchev–Trinajstić information content (AvgIpc) is 3.49. The molecule has 1 amide bonds. The van der Waals surface area contributed by atoms with Crippen molar-refractivity contribution in [1.82, 2.24) is 19.5 Å². The third kappa shape index (κ3) is 4.80. The summed E-state index contributed by atoms with van der Waals surface area (Å²) in [4.78, 5) is 28.1. The Morgan fingerprint density at radius 3 is 2.57 bits per heavy atom. The largest absolute Gasteiger partial charge is 0.368 e. The third-order valence-electron chi connectivity index (χ3n) is 6.76. The standard InChI is InChI=1S/C28H30N6O/c1-18(2)22-8-24(12-26(10-22)34-15-19(3)31-17-34)32-28(35)21-6-5-20-9-25(11-23(20)7-21)33(4)27-13-29-16-30-14-27/h5-8,10,12-18,25H,9,11H2,1-4H3,(H,32,35)/t25-/m1/s1. The molecule has 1 atom stereocenters. The number of nitrogens with zero attached hydrogens (tertiary/aromatic N) is 5. The first-order valence-corrected chi connectivity index (χ1v) is 11.9. The summed E-state index contributed by atoms with van der Waals surface area (Å²) >= 11 is 0. The van der Waals surface area contributed by atoms with Gasteiger partial charge in [-0.3, -0.25) is 4.79 Å². The van der Waals surface area contributed by atoms with Gasteiger partial charge < -0.3 is 14.8 Å². The molecule has 1 aliphatic rings. The number of hydrogen-bond acceptors (Lipinski definition) is 5. The number of fused-ring (bicyclic) bond motifs is 1. The number of benzene rings is 2. The fraction of sp³-hybridized carbons (Fsp3) is 0.286. The number of carbonyl (C=O) groups is 1. The summed E-state index contributed by atoms with van der Waals surface area (Å²) in [5.41, 5.74) is 8.05. The molecule has 0 aliphatic heterocycles. The molecule has 2 aromatic carbocycles. The zero-order chi connectivity index (χ0) is 24.5. The van der Waals surface area contributed by atoms with Crippen LogP contribution < -0.4 is 10.2 Å². The molecule has 1 aliphatic carbocycles. The highest BCUT2D eigenvalue weighted by Crippen LogP contribution is 2.29. The second-order valence-electron chi connectivity index (χ2n) is 9.60. The van der Waals surface area contributed by atoms with Crippen LogP contribution in [0.1, 0.15) is 52.5 Å². The lowest BCUT2D eigenvalue weighted by atomic mass is 10.0. The van der Waals surface area contributed by atoms with Crippen LogP contribution in [-0.4, -0.2) is 38.5 Å². The summed E-state index contributed by atoms with van der Waals surface area (Å²) in [5.74, 6) is 0.230. The van der Waals surface area contributed by atoms with Crippen LogP contribution in [0.25, 0.3) is 5.69 Å². The number of aryl methyl sites for hydroxylation is 1. The SMILES string of the molecule is Cc1cn(-c2cc(NC(=O)c3ccc4c(c3)C[C@H](N(C)c3cncnc3)C4)cc(C(C)C)c2)cn1. The van der Waals surface area contributed by atoms with E-state index in [-0.39, 0.29) is 5.91 Å². The molecule has 0 radical (unpaired) electrons. The molecule has 0 fully saturated rings. The molecule has 178 valence electrons. The van der Waals surface area contributed by atoms with Crippen LogP contribution in [0.3, 0.4) is 0 Å². The van der Waals surface area contributed by atoms with Crippen LogP contribution in [-0.2, 0) is 12.8 Å². The number of rotatable bonds is 6. The molecular formula is C28H30N6O. The Labute approximate surface area is 205 Å². The van der Waals surface area contributed by atoms with E-state index in [1.165, 1.54) is 11.1 Å². The Balaban J connectivity index is 1.35. The lowest BCUT2D eigenvalue weighted by molar-refractivity contribution is 0.102. The van der Waals surface area contributed by atoms with Gasteiger partial charge in [-0.1, -0.05) is 19.9 Å². The lowest BCUT2D eigenvalue weighted by Crippen LogP contribution is -2.32. The van der Waals surface area contributed by atoms with Gasteiger partial charge in [-0.05, 0) is 72.7 Å². The fourth-order valence-corrected chi connectivity index (χ4v) is 4.65. The minimum atomic E-state index is -0.102. The molecule has 0 bridgehead atoms. The molecular weight excluding hydrogens is 436 g/mol. The van der Waals surface area contributed by atoms with Crippen LogP contribution in [0.15, 0.2) is 67.6 Å². The molecule has 1 N–H and O–H groups in total. The normalized spacial score (nSPS) is 14.7. The van der Waals surface area contributed by atoms with Crippen LogP contribution in [0.4, 0.5) is 11.4 Å². The van der Waals surface area contributed by atoms with E-state index < -0.39 is 0 Å². The summed E-state index contributed by atoms with van der Waals surface area (Å²) in [6.45, 7) is 6.27. The van der Waals surface area contributed by atoms with Crippen LogP contribution in [0.5, 0.6) is 0 Å². The monoisotopic (exact) mass is 466 g/mol. The maximum absolute atomic E-state index is 13.2. The second-order valence-corrected chi connectivity index (χ2v) is 9.60. The highest BCUT2D eigenvalue weighted by atomic mass is 16.1. The Morgan fingerprint density at radius 2 is 1.86 bits per heavy atom. The smallest absolute Gasteiger partial charge is 0.255 e. The topological polar surface area (TPSA) is 75.9 Å². The van der Waals surface area contributed by atoms with Gasteiger partial charge >= 0.3 is 0 Å². The Morgan fingerprint density at radius 1 is 1.09 bits per heavy atom. The van der Waals surface area contributed by atoms with Crippen molar-refractivity contribution < 1.29 is 4.79 Å². The van der Waals surface area contributed by atoms with E-state index in [1.807, 2.05) is 48.3 Å². The summed E-state index contributed by atoms with van der Waals surface area (Å²) in [7, 11) is 2.07. The van der Waals surface area contributed by atoms with Crippen LogP contribution >= 0.6 is 0 Å². The Kier molecular flexibility index (Phi) is 6.07. The number of hydrogen-bond donors (Lipinski definition) is 1. The van der Waals surface area contributed by atoms with Gasteiger partial charge in [-0.25, -0.2) is 15.0 Å². The average molecular weight is 467 g/mol. The molecule has 0 saturated carbocycles. The second kappa shape index (κ2) is 9.33. The van der Waals surface area contributed by atoms with Gasteiger partial charge in [-0.15, -0.1) is 0 Å². The van der Waals surface area contributed by atoms with Crippen molar-refractivity contribution in [3.63, 3.8) is 0 Å². The number of imidazole rings is 1. The van der Waals surface area contributed by atoms with Crippen molar-refractivity contribution in [3.8, 4) is 5.69 Å². The lowest BCUT2D eigenvalue weighted by Gasteiger charge is -2.25. The van der Waals surface area contributed by atoms with Crippen molar-refractivity contribution in [1.29, 1.82) is 0 Å². The zero-order valence-electron chi connectivity index (χ0n) is 20.6. The van der Waals surface area contributed by atoms with Gasteiger partial charge in [0.2, 0.25) is 0 Å². The van der Waals surface area contributed by atoms with Gasteiger partial charge in [-0.2, -0.15) is 0 Å². The number of likely N-dealkylation sites (N-methyl/N-ethyl adjacent to an activating group) is 1. The number of carbonyl (C=O) groups excluding carboxylic acids is 1. The van der Waals surface area contributed by atoms with Gasteiger partial charge in [0.1, 0.15) is 6.33 Å². The van der Waals surface area contributed by atoms with Crippen molar-refractivity contribution in [2.75, 3.05) is 17.3 Å². The van der Waals surface area contributed by atoms with E-state index in [1.54, 1.807) is 12.7 Å². The molecule has 4 aromatic rings. The van der Waals surface area contributed by atoms with Gasteiger partial charge in [0.15, 0.2) is 0 Å². The molecule has 2 heterocycles. The summed E-state index contributed by atoms with van der Waals surface area (Å²) in [6, 6.07) is 12.6. The van der Waals surface area contributed by atoms with Crippen molar-refractivity contribution in [2.45, 2.75) is 45.6 Å². The van der Waals surface area contributed by atoms with E-state index in [0.717, 1.165) is 41.2 Å². The number of anilines is 2. The maximum atomic E-state index is 13.2. The van der Waals surface area contributed by atoms with Crippen molar-refractivity contribution >= 4 is 17.3 Å². The Bertz CT molecular complexity index is 1360. The third-order valence-corrected chi connectivity index (χ3v) is 6.76. The van der Waals surface area contributed by atoms with E-state index in [0.29, 0.717) is 17.5 Å². The maximum Gasteiger partial charge on any atom is 0.255 e. The van der Waals surface area contributed by atoms with E-state index in [2.05, 4.69) is 64.3 Å². The molecule has 0 saturated heterocycles. The molecule has 0 unspecified atom stereocenters. The van der Waals surface area contributed by atoms with Gasteiger partial charge in [0.05, 0.1) is 30.1 Å². The molecule has 7 nitrogen and oxygen atoms in total. The summed E-state index contributed by atoms with van der Waals surface area (Å²) < 4.78 is 1.99. The van der Waals surface area contributed by atoms with Crippen LogP contribution in [0, 0.1) is 6.92 Å². The zero-order valence-corrected chi connectivity index (χ0v) is 20.6. The van der Waals surface area contributed by atoms with E-state index in [9.17, 15) is 4.79 Å². The van der Waals surface area contributed by atoms with Gasteiger partial charge in [0.25, 0.3) is 5.91 Å². The molecule has 35 heavy (non-hydrogen) atoms. The first-order valence-electron chi connectivity index (χ1n) is 11.9. The predicted octanol–water partition coefficient (Wildman–Crippen LogP) is 4.95. The minimum absolute atomic E-state index is 0.102. The van der Waals surface area contributed by atoms with Crippen molar-refractivity contribution in [2.24, 2.45) is 0 Å². The molecule has 0 spiro atoms. The number of amides is 1. The molecule has 2 aromatic heterocycles. The van der Waals surface area contributed by atoms with Gasteiger partial charge in [0, 0.05) is 36.2 Å². The predicted molar refractivity (Wildman–Crippen MR) is 138 cm³/mol. The van der Waals surface area contributed by atoms with Crippen molar-refractivity contribution in [3.05, 3.63) is 95.6 Å². The van der Waals surface area contributed by atoms with Crippen LogP contribution in [0.2, 0.25) is 0 Å². The fourth-order valence-electron chi connectivity index (χ4n) is 4.65. The van der Waals surface area contributed by atoms with E-state index in [4.69, 9.17) is 0 Å². The minimum Gasteiger partial charge on any atom is -0.368 e. The Hall–Kier alpha value is -4.00. The number of aromatic nitrogens is 4. The quantitative estimate of drug-likeness (QED) is 0.435. The summed E-state index contributed by atoms with van der Waals surface area (Å²) in [6.07, 6.45) is 10.8. The molecule has 5 rings (SSSR count). The first kappa shape index (κ1) is 22.8. The summed E-state index contributed by atoms with van der Waals surface area (Å²) in [5, 5.41) is 3.12.